The second-order valence-corrected chi connectivity index (χ2v) is 6.41. The van der Waals surface area contributed by atoms with Crippen molar-refractivity contribution in [3.8, 4) is 0 Å². The van der Waals surface area contributed by atoms with Crippen LogP contribution in [0.25, 0.3) is 0 Å². The van der Waals surface area contributed by atoms with Gasteiger partial charge >= 0.3 is 6.18 Å². The molecule has 0 aromatic carbocycles. The van der Waals surface area contributed by atoms with Gasteiger partial charge in [0.1, 0.15) is 6.54 Å². The molecule has 0 bridgehead atoms. The number of halogens is 3. The smallest absolute Gasteiger partial charge is 0.347 e. The zero-order valence-corrected chi connectivity index (χ0v) is 13.3. The number of anilines is 1. The van der Waals surface area contributed by atoms with E-state index in [-0.39, 0.29) is 18.7 Å². The number of thiophene rings is 1. The third-order valence-electron chi connectivity index (χ3n) is 2.54. The molecule has 0 saturated carbocycles. The fraction of sp³-hybridized carbons (Fsp3) is 0.308. The topological polar surface area (TPSA) is 71.1 Å². The highest BCUT2D eigenvalue weighted by atomic mass is 32.1. The third kappa shape index (κ3) is 6.37. The molecular formula is C13H12F3N3O2S2. The van der Waals surface area contributed by atoms with Crippen LogP contribution in [0.1, 0.15) is 10.6 Å². The van der Waals surface area contributed by atoms with Gasteiger partial charge in [0, 0.05) is 10.3 Å². The van der Waals surface area contributed by atoms with E-state index in [0.29, 0.717) is 10.8 Å². The van der Waals surface area contributed by atoms with Crippen molar-refractivity contribution in [1.82, 2.24) is 10.3 Å². The van der Waals surface area contributed by atoms with Crippen molar-refractivity contribution in [2.24, 2.45) is 0 Å². The Morgan fingerprint density at radius 2 is 1.96 bits per heavy atom. The van der Waals surface area contributed by atoms with Gasteiger partial charge in [0.15, 0.2) is 5.13 Å². The summed E-state index contributed by atoms with van der Waals surface area (Å²) in [5, 5.41) is 8.06. The number of hydrogen-bond donors (Lipinski definition) is 2. The lowest BCUT2D eigenvalue weighted by Crippen LogP contribution is -2.34. The predicted molar refractivity (Wildman–Crippen MR) is 81.5 cm³/mol. The van der Waals surface area contributed by atoms with Gasteiger partial charge in [0.2, 0.25) is 11.8 Å². The van der Waals surface area contributed by atoms with Crippen molar-refractivity contribution in [2.75, 3.05) is 11.9 Å². The van der Waals surface area contributed by atoms with Gasteiger partial charge in [-0.2, -0.15) is 13.2 Å². The summed E-state index contributed by atoms with van der Waals surface area (Å²) in [5.74, 6) is -1.01. The molecule has 0 unspecified atom stereocenters. The number of amides is 2. The first-order chi connectivity index (χ1) is 10.8. The van der Waals surface area contributed by atoms with Gasteiger partial charge in [0.25, 0.3) is 0 Å². The molecule has 5 nitrogen and oxygen atoms in total. The van der Waals surface area contributed by atoms with Crippen molar-refractivity contribution >= 4 is 39.6 Å². The Hall–Kier alpha value is -1.94. The van der Waals surface area contributed by atoms with Gasteiger partial charge in [-0.15, -0.1) is 22.7 Å². The van der Waals surface area contributed by atoms with Crippen molar-refractivity contribution < 1.29 is 22.8 Å². The van der Waals surface area contributed by atoms with Gasteiger partial charge in [-0.1, -0.05) is 6.07 Å². The Morgan fingerprint density at radius 1 is 1.17 bits per heavy atom. The van der Waals surface area contributed by atoms with Crippen molar-refractivity contribution in [2.45, 2.75) is 19.0 Å². The van der Waals surface area contributed by atoms with E-state index < -0.39 is 18.6 Å². The summed E-state index contributed by atoms with van der Waals surface area (Å²) in [6.45, 7) is -1.37. The molecule has 0 aliphatic heterocycles. The monoisotopic (exact) mass is 363 g/mol. The van der Waals surface area contributed by atoms with Crippen LogP contribution in [0.3, 0.4) is 0 Å². The Labute approximate surface area is 137 Å². The van der Waals surface area contributed by atoms with Crippen LogP contribution in [0.4, 0.5) is 18.3 Å². The highest BCUT2D eigenvalue weighted by Gasteiger charge is 2.27. The summed E-state index contributed by atoms with van der Waals surface area (Å²) in [6, 6.07) is 3.68. The Bertz CT molecular complexity index is 668. The quantitative estimate of drug-likeness (QED) is 0.829. The molecule has 0 saturated heterocycles. The summed E-state index contributed by atoms with van der Waals surface area (Å²) in [6.07, 6.45) is -4.50. The molecule has 2 rings (SSSR count). The summed E-state index contributed by atoms with van der Waals surface area (Å²) < 4.78 is 35.9. The Kier molecular flexibility index (Phi) is 5.72. The van der Waals surface area contributed by atoms with Crippen LogP contribution in [-0.4, -0.2) is 29.5 Å². The lowest BCUT2D eigenvalue weighted by molar-refractivity contribution is -0.138. The number of hydrogen-bond acceptors (Lipinski definition) is 5. The van der Waals surface area contributed by atoms with Gasteiger partial charge in [-0.25, -0.2) is 4.98 Å². The number of thiazole rings is 1. The highest BCUT2D eigenvalue weighted by molar-refractivity contribution is 7.14. The largest absolute Gasteiger partial charge is 0.405 e. The number of aromatic nitrogens is 1. The first-order valence-corrected chi connectivity index (χ1v) is 8.18. The molecule has 0 aliphatic rings. The fourth-order valence-electron chi connectivity index (χ4n) is 1.61. The first-order valence-electron chi connectivity index (χ1n) is 6.42. The molecule has 2 aromatic rings. The number of nitrogens with one attached hydrogen (secondary N) is 2. The van der Waals surface area contributed by atoms with E-state index in [1.165, 1.54) is 16.7 Å². The van der Waals surface area contributed by atoms with Crippen LogP contribution in [0, 0.1) is 0 Å². The van der Waals surface area contributed by atoms with E-state index in [2.05, 4.69) is 10.3 Å². The molecule has 0 atom stereocenters. The minimum atomic E-state index is -4.45. The molecule has 124 valence electrons. The predicted octanol–water partition coefficient (Wildman–Crippen LogP) is 2.61. The SMILES string of the molecule is O=C(Cc1csc(NC(=O)Cc2cccs2)n1)NCC(F)(F)F. The summed E-state index contributed by atoms with van der Waals surface area (Å²) in [4.78, 5) is 28.1. The molecule has 2 aromatic heterocycles. The lowest BCUT2D eigenvalue weighted by atomic mass is 10.3. The number of rotatable bonds is 6. The van der Waals surface area contributed by atoms with Gasteiger partial charge in [-0.3, -0.25) is 9.59 Å². The van der Waals surface area contributed by atoms with E-state index in [1.807, 2.05) is 17.5 Å². The minimum absolute atomic E-state index is 0.221. The number of alkyl halides is 3. The van der Waals surface area contributed by atoms with E-state index in [9.17, 15) is 22.8 Å². The van der Waals surface area contributed by atoms with Crippen molar-refractivity contribution in [3.63, 3.8) is 0 Å². The number of carbonyl (C=O) groups excluding carboxylic acids is 2. The van der Waals surface area contributed by atoms with E-state index in [0.717, 1.165) is 16.2 Å². The van der Waals surface area contributed by atoms with Crippen LogP contribution in [0.2, 0.25) is 0 Å². The molecule has 0 aliphatic carbocycles. The fourth-order valence-corrected chi connectivity index (χ4v) is 3.04. The van der Waals surface area contributed by atoms with Crippen LogP contribution >= 0.6 is 22.7 Å². The van der Waals surface area contributed by atoms with E-state index in [1.54, 1.807) is 5.32 Å². The van der Waals surface area contributed by atoms with Crippen LogP contribution < -0.4 is 10.6 Å². The molecule has 2 N–H and O–H groups in total. The zero-order valence-electron chi connectivity index (χ0n) is 11.6. The molecule has 2 amide bonds. The Morgan fingerprint density at radius 3 is 2.61 bits per heavy atom. The van der Waals surface area contributed by atoms with Crippen LogP contribution in [-0.2, 0) is 22.4 Å². The van der Waals surface area contributed by atoms with E-state index >= 15 is 0 Å². The summed E-state index contributed by atoms with van der Waals surface area (Å²) in [5.41, 5.74) is 0.307. The molecule has 0 spiro atoms. The maximum atomic E-state index is 12.0. The average molecular weight is 363 g/mol. The van der Waals surface area contributed by atoms with Gasteiger partial charge in [-0.05, 0) is 11.4 Å². The molecular weight excluding hydrogens is 351 g/mol. The third-order valence-corrected chi connectivity index (χ3v) is 4.22. The summed E-state index contributed by atoms with van der Waals surface area (Å²) in [7, 11) is 0. The maximum absolute atomic E-state index is 12.0. The van der Waals surface area contributed by atoms with Crippen molar-refractivity contribution in [1.29, 1.82) is 0 Å². The normalized spacial score (nSPS) is 11.3. The molecule has 0 fully saturated rings. The minimum Gasteiger partial charge on any atom is -0.347 e. The van der Waals surface area contributed by atoms with Crippen LogP contribution in [0.15, 0.2) is 22.9 Å². The molecule has 23 heavy (non-hydrogen) atoms. The van der Waals surface area contributed by atoms with Crippen LogP contribution in [0.5, 0.6) is 0 Å². The lowest BCUT2D eigenvalue weighted by Gasteiger charge is -2.07. The summed E-state index contributed by atoms with van der Waals surface area (Å²) >= 11 is 2.57. The molecule has 0 radical (unpaired) electrons. The second kappa shape index (κ2) is 7.55. The van der Waals surface area contributed by atoms with Gasteiger partial charge in [0.05, 0.1) is 18.5 Å². The standard InChI is InChI=1S/C13H12F3N3O2S2/c14-13(15,16)7-17-10(20)4-8-6-23-12(18-8)19-11(21)5-9-2-1-3-22-9/h1-3,6H,4-5,7H2,(H,17,20)(H,18,19,21). The highest BCUT2D eigenvalue weighted by Crippen LogP contribution is 2.17. The zero-order chi connectivity index (χ0) is 16.9. The molecule has 2 heterocycles. The maximum Gasteiger partial charge on any atom is 0.405 e. The van der Waals surface area contributed by atoms with Gasteiger partial charge < -0.3 is 10.6 Å². The first kappa shape index (κ1) is 17.4. The average Bonchev–Trinajstić information content (AvgIpc) is 3.08. The number of nitrogens with zero attached hydrogens (tertiary/aromatic N) is 1. The Balaban J connectivity index is 1.81. The van der Waals surface area contributed by atoms with E-state index in [4.69, 9.17) is 0 Å². The van der Waals surface area contributed by atoms with Crippen molar-refractivity contribution in [3.05, 3.63) is 33.5 Å². The molecule has 10 heteroatoms. The number of carbonyl (C=O) groups is 2. The second-order valence-electron chi connectivity index (χ2n) is 4.52.